The highest BCUT2D eigenvalue weighted by atomic mass is 14.2. The maximum absolute atomic E-state index is 2.36. The van der Waals surface area contributed by atoms with Gasteiger partial charge in [-0.05, 0) is 88.6 Å². The summed E-state index contributed by atoms with van der Waals surface area (Å²) < 4.78 is 0. The quantitative estimate of drug-likeness (QED) is 0.182. The molecule has 0 heteroatoms. The van der Waals surface area contributed by atoms with Crippen LogP contribution in [0, 0.1) is 0 Å². The molecule has 0 bridgehead atoms. The summed E-state index contributed by atoms with van der Waals surface area (Å²) >= 11 is 0. The minimum atomic E-state index is 1.23. The summed E-state index contributed by atoms with van der Waals surface area (Å²) in [5.41, 5.74) is 7.58. The van der Waals surface area contributed by atoms with Gasteiger partial charge in [-0.2, -0.15) is 0 Å². The highest BCUT2D eigenvalue weighted by Crippen LogP contribution is 2.45. The van der Waals surface area contributed by atoms with Crippen molar-refractivity contribution in [2.24, 2.45) is 0 Å². The summed E-state index contributed by atoms with van der Waals surface area (Å²) in [6, 6.07) is 57.6. The van der Waals surface area contributed by atoms with E-state index in [9.17, 15) is 0 Å². The van der Waals surface area contributed by atoms with Crippen LogP contribution in [0.5, 0.6) is 0 Å². The van der Waals surface area contributed by atoms with Gasteiger partial charge in [-0.25, -0.2) is 0 Å². The number of rotatable bonds is 3. The van der Waals surface area contributed by atoms with Gasteiger partial charge in [0.15, 0.2) is 0 Å². The average Bonchev–Trinajstić information content (AvgIpc) is 3.11. The largest absolute Gasteiger partial charge is 0.0683 e. The SMILES string of the molecule is CC.CCC.c1cc(-c2ccc3ccccc3c2)cc(-c2c3ccccc3c(-c3cccc4ccccc34)c3ccccc23)c1. The average molecular weight is 581 g/mol. The molecule has 0 heterocycles. The third-order valence-electron chi connectivity index (χ3n) is 8.22. The molecule has 0 amide bonds. The molecule has 0 nitrogen and oxygen atoms in total. The van der Waals surface area contributed by atoms with Crippen molar-refractivity contribution in [3.8, 4) is 33.4 Å². The number of hydrogen-bond donors (Lipinski definition) is 0. The second-order valence-electron chi connectivity index (χ2n) is 11.2. The van der Waals surface area contributed by atoms with Crippen LogP contribution < -0.4 is 0 Å². The topological polar surface area (TPSA) is 0 Å². The maximum atomic E-state index is 2.36. The standard InChI is InChI=1S/C40H26.C3H8.C2H6/c1-2-13-29-25-31(24-23-27(29)11-1)30-15-9-16-32(26-30)39-35-18-5-7-20-37(35)40(38-21-8-6-19-36(38)39)34-22-10-14-28-12-3-4-17-33(28)34;1-3-2;1-2/h1-26H;3H2,1-2H3;1-2H3. The Hall–Kier alpha value is -5.20. The summed E-state index contributed by atoms with van der Waals surface area (Å²) in [6.07, 6.45) is 1.25. The van der Waals surface area contributed by atoms with Crippen molar-refractivity contribution in [1.82, 2.24) is 0 Å². The molecule has 0 aliphatic carbocycles. The number of benzene rings is 8. The zero-order valence-corrected chi connectivity index (χ0v) is 26.7. The van der Waals surface area contributed by atoms with Crippen molar-refractivity contribution in [2.75, 3.05) is 0 Å². The third kappa shape index (κ3) is 5.73. The number of fused-ring (bicyclic) bond motifs is 4. The van der Waals surface area contributed by atoms with Gasteiger partial charge in [-0.15, -0.1) is 0 Å². The summed E-state index contributed by atoms with van der Waals surface area (Å²) in [7, 11) is 0. The van der Waals surface area contributed by atoms with Crippen LogP contribution in [0.25, 0.3) is 76.5 Å². The Morgan fingerprint density at radius 1 is 0.333 bits per heavy atom. The Labute approximate surface area is 267 Å². The molecule has 0 N–H and O–H groups in total. The molecule has 8 aromatic rings. The molecule has 45 heavy (non-hydrogen) atoms. The van der Waals surface area contributed by atoms with Crippen molar-refractivity contribution in [2.45, 2.75) is 34.1 Å². The third-order valence-corrected chi connectivity index (χ3v) is 8.22. The van der Waals surface area contributed by atoms with Gasteiger partial charge in [0.25, 0.3) is 0 Å². The van der Waals surface area contributed by atoms with Gasteiger partial charge in [0.05, 0.1) is 0 Å². The minimum Gasteiger partial charge on any atom is -0.0683 e. The zero-order chi connectivity index (χ0) is 31.2. The van der Waals surface area contributed by atoms with Crippen molar-refractivity contribution in [3.05, 3.63) is 158 Å². The van der Waals surface area contributed by atoms with E-state index in [-0.39, 0.29) is 0 Å². The van der Waals surface area contributed by atoms with Gasteiger partial charge >= 0.3 is 0 Å². The predicted octanol–water partition coefficient (Wildman–Crippen LogP) is 13.7. The van der Waals surface area contributed by atoms with E-state index < -0.39 is 0 Å². The molecule has 0 aromatic heterocycles. The summed E-state index contributed by atoms with van der Waals surface area (Å²) in [5, 5.41) is 10.2. The lowest BCUT2D eigenvalue weighted by atomic mass is 9.84. The van der Waals surface area contributed by atoms with E-state index >= 15 is 0 Å². The zero-order valence-electron chi connectivity index (χ0n) is 26.7. The van der Waals surface area contributed by atoms with Crippen molar-refractivity contribution >= 4 is 43.1 Å². The van der Waals surface area contributed by atoms with E-state index in [1.807, 2.05) is 13.8 Å². The van der Waals surface area contributed by atoms with Gasteiger partial charge in [-0.3, -0.25) is 0 Å². The van der Waals surface area contributed by atoms with E-state index in [1.54, 1.807) is 0 Å². The van der Waals surface area contributed by atoms with Crippen LogP contribution in [0.2, 0.25) is 0 Å². The fourth-order valence-electron chi connectivity index (χ4n) is 6.40. The predicted molar refractivity (Wildman–Crippen MR) is 200 cm³/mol. The van der Waals surface area contributed by atoms with Crippen molar-refractivity contribution < 1.29 is 0 Å². The first-order valence-corrected chi connectivity index (χ1v) is 16.3. The summed E-state index contributed by atoms with van der Waals surface area (Å²) in [4.78, 5) is 0. The van der Waals surface area contributed by atoms with E-state index in [0.29, 0.717) is 0 Å². The molecule has 0 saturated carbocycles. The Balaban J connectivity index is 0.000000676. The van der Waals surface area contributed by atoms with Crippen molar-refractivity contribution in [1.29, 1.82) is 0 Å². The molecule has 0 radical (unpaired) electrons. The van der Waals surface area contributed by atoms with Crippen LogP contribution in [0.1, 0.15) is 34.1 Å². The fourth-order valence-corrected chi connectivity index (χ4v) is 6.40. The Bertz CT molecular complexity index is 2170. The van der Waals surface area contributed by atoms with Gasteiger partial charge < -0.3 is 0 Å². The highest BCUT2D eigenvalue weighted by Gasteiger charge is 2.18. The lowest BCUT2D eigenvalue weighted by molar-refractivity contribution is 1.09. The van der Waals surface area contributed by atoms with Crippen LogP contribution >= 0.6 is 0 Å². The second kappa shape index (κ2) is 13.6. The molecule has 0 fully saturated rings. The molecule has 0 atom stereocenters. The second-order valence-corrected chi connectivity index (χ2v) is 11.2. The maximum Gasteiger partial charge on any atom is -0.00201 e. The van der Waals surface area contributed by atoms with Gasteiger partial charge in [0.1, 0.15) is 0 Å². The lowest BCUT2D eigenvalue weighted by Gasteiger charge is -2.19. The van der Waals surface area contributed by atoms with Gasteiger partial charge in [-0.1, -0.05) is 180 Å². The van der Waals surface area contributed by atoms with E-state index in [1.165, 1.54) is 82.9 Å². The van der Waals surface area contributed by atoms with Crippen LogP contribution in [0.15, 0.2) is 158 Å². The van der Waals surface area contributed by atoms with Crippen LogP contribution in [-0.2, 0) is 0 Å². The van der Waals surface area contributed by atoms with E-state index in [2.05, 4.69) is 172 Å². The smallest absolute Gasteiger partial charge is 0.00201 e. The fraction of sp³-hybridized carbons (Fsp3) is 0.111. The first-order chi connectivity index (χ1) is 22.3. The lowest BCUT2D eigenvalue weighted by Crippen LogP contribution is -1.92. The van der Waals surface area contributed by atoms with Gasteiger partial charge in [0.2, 0.25) is 0 Å². The summed E-state index contributed by atoms with van der Waals surface area (Å²) in [5.74, 6) is 0. The van der Waals surface area contributed by atoms with Crippen LogP contribution in [0.3, 0.4) is 0 Å². The monoisotopic (exact) mass is 580 g/mol. The minimum absolute atomic E-state index is 1.23. The molecule has 0 aliphatic heterocycles. The molecule has 0 unspecified atom stereocenters. The normalized spacial score (nSPS) is 10.8. The number of hydrogen-bond acceptors (Lipinski definition) is 0. The molecular formula is C45H40. The van der Waals surface area contributed by atoms with E-state index in [0.717, 1.165) is 0 Å². The molecule has 220 valence electrons. The molecule has 8 aromatic carbocycles. The van der Waals surface area contributed by atoms with Crippen LogP contribution in [0.4, 0.5) is 0 Å². The Morgan fingerprint density at radius 3 is 1.42 bits per heavy atom. The molecule has 0 spiro atoms. The van der Waals surface area contributed by atoms with Gasteiger partial charge in [0, 0.05) is 0 Å². The summed E-state index contributed by atoms with van der Waals surface area (Å²) in [6.45, 7) is 8.25. The molecule has 0 saturated heterocycles. The molecule has 0 aliphatic rings. The van der Waals surface area contributed by atoms with E-state index in [4.69, 9.17) is 0 Å². The van der Waals surface area contributed by atoms with Crippen molar-refractivity contribution in [3.63, 3.8) is 0 Å². The first kappa shape index (κ1) is 29.9. The molecule has 8 rings (SSSR count). The Morgan fingerprint density at radius 2 is 0.778 bits per heavy atom. The van der Waals surface area contributed by atoms with Crippen LogP contribution in [-0.4, -0.2) is 0 Å². The first-order valence-electron chi connectivity index (χ1n) is 16.3. The highest BCUT2D eigenvalue weighted by molar-refractivity contribution is 6.23. The molecular weight excluding hydrogens is 540 g/mol. The Kier molecular flexibility index (Phi) is 9.04.